The first-order valence-corrected chi connectivity index (χ1v) is 8.14. The van der Waals surface area contributed by atoms with Crippen molar-refractivity contribution in [2.75, 3.05) is 0 Å². The van der Waals surface area contributed by atoms with Crippen molar-refractivity contribution in [3.8, 4) is 0 Å². The van der Waals surface area contributed by atoms with Gasteiger partial charge in [-0.05, 0) is 55.6 Å². The monoisotopic (exact) mass is 290 g/mol. The van der Waals surface area contributed by atoms with Gasteiger partial charge in [0.05, 0.1) is 0 Å². The summed E-state index contributed by atoms with van der Waals surface area (Å²) in [5.74, 6) is 0. The molecule has 0 unspecified atom stereocenters. The fourth-order valence-electron chi connectivity index (χ4n) is 3.45. The van der Waals surface area contributed by atoms with Crippen LogP contribution in [0.1, 0.15) is 52.7 Å². The van der Waals surface area contributed by atoms with E-state index in [2.05, 4.69) is 90.1 Å². The minimum Gasteiger partial charge on any atom is -0.0616 e. The number of benzene rings is 3. The normalized spacial score (nSPS) is 13.0. The van der Waals surface area contributed by atoms with E-state index in [1.54, 1.807) is 0 Å². The standard InChI is InChI=1S/C22H26/c1-21(2,3)19-12-11-17-13-15-9-7-8-10-16(15)14-18(17)20(19)22(4,5)6/h7-14H,1-6H3. The predicted octanol–water partition coefficient (Wildman–Crippen LogP) is 6.59. The Kier molecular flexibility index (Phi) is 3.32. The average Bonchev–Trinajstić information content (AvgIpc) is 2.41. The Bertz CT molecular complexity index is 839. The number of fused-ring (bicyclic) bond motifs is 2. The second kappa shape index (κ2) is 4.84. The van der Waals surface area contributed by atoms with E-state index in [9.17, 15) is 0 Å². The zero-order valence-electron chi connectivity index (χ0n) is 14.6. The molecule has 0 saturated carbocycles. The van der Waals surface area contributed by atoms with Gasteiger partial charge in [0.2, 0.25) is 0 Å². The molecule has 0 fully saturated rings. The van der Waals surface area contributed by atoms with Crippen LogP contribution in [0.15, 0.2) is 48.5 Å². The quantitative estimate of drug-likeness (QED) is 0.410. The van der Waals surface area contributed by atoms with Gasteiger partial charge in [-0.15, -0.1) is 0 Å². The summed E-state index contributed by atoms with van der Waals surface area (Å²) >= 11 is 0. The van der Waals surface area contributed by atoms with E-state index < -0.39 is 0 Å². The molecule has 0 aromatic heterocycles. The van der Waals surface area contributed by atoms with E-state index in [-0.39, 0.29) is 10.8 Å². The molecule has 0 bridgehead atoms. The highest BCUT2D eigenvalue weighted by molar-refractivity contribution is 6.00. The van der Waals surface area contributed by atoms with Crippen molar-refractivity contribution < 1.29 is 0 Å². The van der Waals surface area contributed by atoms with Gasteiger partial charge < -0.3 is 0 Å². The summed E-state index contributed by atoms with van der Waals surface area (Å²) in [5, 5.41) is 5.39. The van der Waals surface area contributed by atoms with Gasteiger partial charge in [-0.2, -0.15) is 0 Å². The van der Waals surface area contributed by atoms with Crippen molar-refractivity contribution in [3.63, 3.8) is 0 Å². The van der Waals surface area contributed by atoms with Crippen LogP contribution in [0.5, 0.6) is 0 Å². The van der Waals surface area contributed by atoms with E-state index in [4.69, 9.17) is 0 Å². The maximum absolute atomic E-state index is 2.38. The third kappa shape index (κ3) is 2.52. The van der Waals surface area contributed by atoms with Crippen LogP contribution in [0.25, 0.3) is 21.5 Å². The van der Waals surface area contributed by atoms with Crippen molar-refractivity contribution in [1.29, 1.82) is 0 Å². The van der Waals surface area contributed by atoms with Gasteiger partial charge in [0.1, 0.15) is 0 Å². The Hall–Kier alpha value is -1.82. The fraction of sp³-hybridized carbons (Fsp3) is 0.364. The molecule has 114 valence electrons. The molecule has 0 aliphatic heterocycles. The van der Waals surface area contributed by atoms with Gasteiger partial charge in [0, 0.05) is 0 Å². The largest absolute Gasteiger partial charge is 0.0616 e. The van der Waals surface area contributed by atoms with Crippen molar-refractivity contribution in [2.45, 2.75) is 52.4 Å². The maximum Gasteiger partial charge on any atom is -0.0123 e. The lowest BCUT2D eigenvalue weighted by Crippen LogP contribution is -2.22. The van der Waals surface area contributed by atoms with Crippen molar-refractivity contribution in [2.24, 2.45) is 0 Å². The summed E-state index contributed by atoms with van der Waals surface area (Å²) < 4.78 is 0. The second-order valence-electron chi connectivity index (χ2n) is 8.41. The van der Waals surface area contributed by atoms with Crippen LogP contribution in [-0.2, 0) is 10.8 Å². The summed E-state index contributed by atoms with van der Waals surface area (Å²) in [6.45, 7) is 13.9. The van der Waals surface area contributed by atoms with Crippen LogP contribution in [0.4, 0.5) is 0 Å². The molecular formula is C22H26. The molecule has 0 N–H and O–H groups in total. The van der Waals surface area contributed by atoms with E-state index in [1.165, 1.54) is 32.7 Å². The molecule has 22 heavy (non-hydrogen) atoms. The molecule has 0 radical (unpaired) electrons. The molecule has 0 heteroatoms. The summed E-state index contributed by atoms with van der Waals surface area (Å²) in [4.78, 5) is 0. The van der Waals surface area contributed by atoms with Gasteiger partial charge >= 0.3 is 0 Å². The molecular weight excluding hydrogens is 264 g/mol. The molecule has 0 aliphatic rings. The first-order chi connectivity index (χ1) is 10.2. The van der Waals surface area contributed by atoms with Crippen LogP contribution in [0.3, 0.4) is 0 Å². The summed E-state index contributed by atoms with van der Waals surface area (Å²) in [5.41, 5.74) is 3.23. The average molecular weight is 290 g/mol. The number of rotatable bonds is 0. The predicted molar refractivity (Wildman–Crippen MR) is 98.9 cm³/mol. The Morgan fingerprint density at radius 2 is 1.18 bits per heavy atom. The highest BCUT2D eigenvalue weighted by Gasteiger charge is 2.26. The van der Waals surface area contributed by atoms with Gasteiger partial charge in [-0.1, -0.05) is 77.9 Å². The van der Waals surface area contributed by atoms with Crippen LogP contribution in [0, 0.1) is 0 Å². The van der Waals surface area contributed by atoms with Crippen LogP contribution in [-0.4, -0.2) is 0 Å². The Morgan fingerprint density at radius 1 is 0.591 bits per heavy atom. The first kappa shape index (κ1) is 15.1. The lowest BCUT2D eigenvalue weighted by molar-refractivity contribution is 0.535. The van der Waals surface area contributed by atoms with Crippen molar-refractivity contribution in [3.05, 3.63) is 59.7 Å². The van der Waals surface area contributed by atoms with E-state index in [0.717, 1.165) is 0 Å². The van der Waals surface area contributed by atoms with E-state index in [1.807, 2.05) is 0 Å². The highest BCUT2D eigenvalue weighted by atomic mass is 14.3. The lowest BCUT2D eigenvalue weighted by atomic mass is 9.73. The Morgan fingerprint density at radius 3 is 1.73 bits per heavy atom. The van der Waals surface area contributed by atoms with Crippen LogP contribution >= 0.6 is 0 Å². The molecule has 0 heterocycles. The SMILES string of the molecule is CC(C)(C)c1ccc2cc3ccccc3cc2c1C(C)(C)C. The smallest absolute Gasteiger partial charge is 0.0123 e. The van der Waals surface area contributed by atoms with Gasteiger partial charge in [-0.25, -0.2) is 0 Å². The molecule has 0 atom stereocenters. The minimum atomic E-state index is 0.130. The first-order valence-electron chi connectivity index (χ1n) is 8.14. The van der Waals surface area contributed by atoms with Gasteiger partial charge in [-0.3, -0.25) is 0 Å². The van der Waals surface area contributed by atoms with Gasteiger partial charge in [0.15, 0.2) is 0 Å². The molecule has 3 rings (SSSR count). The molecule has 0 amide bonds. The molecule has 0 spiro atoms. The molecule has 0 nitrogen and oxygen atoms in total. The van der Waals surface area contributed by atoms with Crippen LogP contribution in [0.2, 0.25) is 0 Å². The zero-order chi connectivity index (χ0) is 16.1. The van der Waals surface area contributed by atoms with Crippen molar-refractivity contribution in [1.82, 2.24) is 0 Å². The third-order valence-corrected chi connectivity index (χ3v) is 4.44. The molecule has 3 aromatic rings. The van der Waals surface area contributed by atoms with Gasteiger partial charge in [0.25, 0.3) is 0 Å². The fourth-order valence-corrected chi connectivity index (χ4v) is 3.45. The molecule has 0 saturated heterocycles. The Labute approximate surface area is 134 Å². The number of hydrogen-bond acceptors (Lipinski definition) is 0. The van der Waals surface area contributed by atoms with Crippen LogP contribution < -0.4 is 0 Å². The molecule has 3 aromatic carbocycles. The molecule has 0 aliphatic carbocycles. The van der Waals surface area contributed by atoms with E-state index in [0.29, 0.717) is 0 Å². The maximum atomic E-state index is 2.38. The number of hydrogen-bond donors (Lipinski definition) is 0. The minimum absolute atomic E-state index is 0.130. The second-order valence-corrected chi connectivity index (χ2v) is 8.41. The van der Waals surface area contributed by atoms with E-state index >= 15 is 0 Å². The third-order valence-electron chi connectivity index (χ3n) is 4.44. The zero-order valence-corrected chi connectivity index (χ0v) is 14.6. The summed E-state index contributed by atoms with van der Waals surface area (Å²) in [6, 6.07) is 18.0. The summed E-state index contributed by atoms with van der Waals surface area (Å²) in [7, 11) is 0. The summed E-state index contributed by atoms with van der Waals surface area (Å²) in [6.07, 6.45) is 0. The van der Waals surface area contributed by atoms with Crippen molar-refractivity contribution >= 4 is 21.5 Å². The lowest BCUT2D eigenvalue weighted by Gasteiger charge is -2.31. The highest BCUT2D eigenvalue weighted by Crippen LogP contribution is 2.39. The topological polar surface area (TPSA) is 0 Å². The Balaban J connectivity index is 2.48.